The Hall–Kier alpha value is -4.97. The van der Waals surface area contributed by atoms with Crippen molar-refractivity contribution < 1.29 is 65.7 Å². The van der Waals surface area contributed by atoms with Crippen LogP contribution in [-0.4, -0.2) is 80.6 Å². The van der Waals surface area contributed by atoms with E-state index in [1.54, 1.807) is 10.4 Å². The molecule has 12 nitrogen and oxygen atoms in total. The number of hydrogen-bond donors (Lipinski definition) is 5. The molecule has 0 radical (unpaired) electrons. The SMILES string of the molecule is Cc1cc(CCOc2ccc([C@@]3(N)CCN([C@@H]4CCC[C@H]4C(=O)NO)C3=O)cc2)c2ccccc2n1.O=C(O)C(F)(F)F.O=C(O)C(F)(F)F. The van der Waals surface area contributed by atoms with Crippen LogP contribution in [0.2, 0.25) is 0 Å². The lowest BCUT2D eigenvalue weighted by atomic mass is 9.89. The number of aromatic nitrogens is 1. The van der Waals surface area contributed by atoms with Crippen LogP contribution in [0.3, 0.4) is 0 Å². The van der Waals surface area contributed by atoms with E-state index in [9.17, 15) is 35.9 Å². The summed E-state index contributed by atoms with van der Waals surface area (Å²) >= 11 is 0. The van der Waals surface area contributed by atoms with Gasteiger partial charge in [0, 0.05) is 30.1 Å². The number of alkyl halides is 6. The predicted octanol–water partition coefficient (Wildman–Crippen LogP) is 4.49. The summed E-state index contributed by atoms with van der Waals surface area (Å²) in [6, 6.07) is 17.4. The summed E-state index contributed by atoms with van der Waals surface area (Å²) in [6.45, 7) is 3.01. The summed E-state index contributed by atoms with van der Waals surface area (Å²) in [5, 5.41) is 24.5. The maximum absolute atomic E-state index is 13.4. The molecule has 1 aliphatic heterocycles. The molecule has 50 heavy (non-hydrogen) atoms. The number of aryl methyl sites for hydroxylation is 1. The fourth-order valence-corrected chi connectivity index (χ4v) is 5.78. The summed E-state index contributed by atoms with van der Waals surface area (Å²) in [5.74, 6) is -5.80. The molecule has 1 saturated heterocycles. The highest BCUT2D eigenvalue weighted by Crippen LogP contribution is 2.38. The van der Waals surface area contributed by atoms with Gasteiger partial charge in [-0.25, -0.2) is 15.1 Å². The van der Waals surface area contributed by atoms with E-state index in [1.165, 1.54) is 5.56 Å². The number of fused-ring (bicyclic) bond motifs is 1. The average molecular weight is 717 g/mol. The van der Waals surface area contributed by atoms with Crippen molar-refractivity contribution in [1.29, 1.82) is 0 Å². The third kappa shape index (κ3) is 9.81. The van der Waals surface area contributed by atoms with Crippen LogP contribution in [0.4, 0.5) is 26.3 Å². The van der Waals surface area contributed by atoms with Gasteiger partial charge in [0.2, 0.25) is 11.8 Å². The van der Waals surface area contributed by atoms with Gasteiger partial charge in [-0.3, -0.25) is 19.8 Å². The number of carbonyl (C=O) groups is 4. The Kier molecular flexibility index (Phi) is 12.8. The van der Waals surface area contributed by atoms with Gasteiger partial charge in [0.05, 0.1) is 18.0 Å². The first-order chi connectivity index (χ1) is 23.3. The predicted molar refractivity (Wildman–Crippen MR) is 163 cm³/mol. The fraction of sp³-hybridized carbons (Fsp3) is 0.406. The van der Waals surface area contributed by atoms with Crippen molar-refractivity contribution >= 4 is 34.7 Å². The van der Waals surface area contributed by atoms with Gasteiger partial charge in [-0.2, -0.15) is 26.3 Å². The number of ether oxygens (including phenoxy) is 1. The third-order valence-electron chi connectivity index (χ3n) is 8.14. The first-order valence-corrected chi connectivity index (χ1v) is 15.0. The van der Waals surface area contributed by atoms with Crippen molar-refractivity contribution in [3.63, 3.8) is 0 Å². The van der Waals surface area contributed by atoms with E-state index >= 15 is 0 Å². The van der Waals surface area contributed by atoms with E-state index in [-0.39, 0.29) is 11.9 Å². The molecule has 1 aromatic heterocycles. The van der Waals surface area contributed by atoms with Gasteiger partial charge in [0.15, 0.2) is 0 Å². The van der Waals surface area contributed by atoms with Crippen molar-refractivity contribution in [3.8, 4) is 5.75 Å². The zero-order valence-electron chi connectivity index (χ0n) is 26.4. The molecule has 0 spiro atoms. The van der Waals surface area contributed by atoms with Crippen LogP contribution < -0.4 is 16.0 Å². The number of hydroxylamine groups is 1. The summed E-state index contributed by atoms with van der Waals surface area (Å²) < 4.78 is 69.5. The lowest BCUT2D eigenvalue weighted by molar-refractivity contribution is -0.193. The van der Waals surface area contributed by atoms with Crippen LogP contribution >= 0.6 is 0 Å². The topological polar surface area (TPSA) is 192 Å². The zero-order chi connectivity index (χ0) is 37.4. The Labute approximate surface area is 280 Å². The molecule has 2 amide bonds. The van der Waals surface area contributed by atoms with Gasteiger partial charge in [-0.1, -0.05) is 36.8 Å². The van der Waals surface area contributed by atoms with Gasteiger partial charge in [0.25, 0.3) is 0 Å². The first-order valence-electron chi connectivity index (χ1n) is 15.0. The van der Waals surface area contributed by atoms with Crippen LogP contribution in [0, 0.1) is 12.8 Å². The number of nitrogens with two attached hydrogens (primary N) is 1. The Morgan fingerprint density at radius 1 is 1.00 bits per heavy atom. The molecule has 0 bridgehead atoms. The van der Waals surface area contributed by atoms with Crippen molar-refractivity contribution in [2.24, 2.45) is 11.7 Å². The molecular formula is C32H34F6N4O8. The van der Waals surface area contributed by atoms with Gasteiger partial charge in [0.1, 0.15) is 11.3 Å². The quantitative estimate of drug-likeness (QED) is 0.132. The molecule has 2 fully saturated rings. The fourth-order valence-electron chi connectivity index (χ4n) is 5.78. The molecule has 272 valence electrons. The summed E-state index contributed by atoms with van der Waals surface area (Å²) in [7, 11) is 0. The molecular weight excluding hydrogens is 682 g/mol. The maximum Gasteiger partial charge on any atom is 0.490 e. The number of carboxylic acid groups (broad SMARTS) is 2. The lowest BCUT2D eigenvalue weighted by Gasteiger charge is -2.30. The standard InChI is InChI=1S/C28H32N4O4.2C2HF3O2/c1-18-17-19(22-5-2-3-7-24(22)30-18)13-16-36-21-11-9-20(10-12-21)28(29)14-15-32(27(28)34)25-8-4-6-23(25)26(33)31-35;2*3-2(4,5)1(6)7/h2-3,5,7,9-12,17,23,25,35H,4,6,8,13-16,29H2,1H3,(H,31,33);2*(H,6,7)/t23-,25-,28+;;/m1../s1. The Morgan fingerprint density at radius 2 is 1.58 bits per heavy atom. The molecule has 3 aromatic rings. The molecule has 5 rings (SSSR count). The second kappa shape index (κ2) is 16.2. The molecule has 3 atom stereocenters. The molecule has 1 aliphatic carbocycles. The number of benzene rings is 2. The highest BCUT2D eigenvalue weighted by atomic mass is 19.4. The van der Waals surface area contributed by atoms with Gasteiger partial charge in [-0.15, -0.1) is 0 Å². The molecule has 6 N–H and O–H groups in total. The number of nitrogens with one attached hydrogen (secondary N) is 1. The highest BCUT2D eigenvalue weighted by Gasteiger charge is 2.50. The Morgan fingerprint density at radius 3 is 2.14 bits per heavy atom. The van der Waals surface area contributed by atoms with E-state index in [4.69, 9.17) is 35.5 Å². The number of hydrogen-bond acceptors (Lipinski definition) is 8. The normalized spacial score (nSPS) is 20.3. The molecule has 2 heterocycles. The minimum atomic E-state index is -5.08. The van der Waals surface area contributed by atoms with Crippen molar-refractivity contribution in [2.45, 2.75) is 63.0 Å². The number of halogens is 6. The number of rotatable bonds is 7. The lowest BCUT2D eigenvalue weighted by Crippen LogP contribution is -2.50. The van der Waals surface area contributed by atoms with E-state index in [0.717, 1.165) is 47.2 Å². The second-order valence-electron chi connectivity index (χ2n) is 11.5. The number of para-hydroxylation sites is 1. The third-order valence-corrected chi connectivity index (χ3v) is 8.14. The second-order valence-corrected chi connectivity index (χ2v) is 11.5. The number of pyridine rings is 1. The van der Waals surface area contributed by atoms with E-state index < -0.39 is 41.7 Å². The number of nitrogens with zero attached hydrogens (tertiary/aromatic N) is 2. The molecule has 18 heteroatoms. The van der Waals surface area contributed by atoms with Crippen LogP contribution in [0.1, 0.15) is 42.5 Å². The summed E-state index contributed by atoms with van der Waals surface area (Å²) in [6.07, 6.45) is -6.71. The smallest absolute Gasteiger partial charge is 0.490 e. The average Bonchev–Trinajstić information content (AvgIpc) is 3.65. The molecule has 2 aliphatic rings. The molecule has 2 aromatic carbocycles. The monoisotopic (exact) mass is 716 g/mol. The number of likely N-dealkylation sites (tertiary alicyclic amines) is 1. The number of carboxylic acids is 2. The van der Waals surface area contributed by atoms with Crippen molar-refractivity contribution in [1.82, 2.24) is 15.4 Å². The van der Waals surface area contributed by atoms with Crippen molar-refractivity contribution in [2.75, 3.05) is 13.2 Å². The zero-order valence-corrected chi connectivity index (χ0v) is 26.4. The van der Waals surface area contributed by atoms with Crippen LogP contribution in [0.15, 0.2) is 54.6 Å². The van der Waals surface area contributed by atoms with Crippen LogP contribution in [-0.2, 0) is 31.1 Å². The summed E-state index contributed by atoms with van der Waals surface area (Å²) in [4.78, 5) is 49.6. The number of aliphatic carboxylic acids is 2. The van der Waals surface area contributed by atoms with Gasteiger partial charge in [-0.05, 0) is 61.6 Å². The van der Waals surface area contributed by atoms with Crippen LogP contribution in [0.25, 0.3) is 10.9 Å². The molecule has 0 unspecified atom stereocenters. The van der Waals surface area contributed by atoms with Gasteiger partial charge < -0.3 is 25.6 Å². The minimum absolute atomic E-state index is 0.168. The molecule has 1 saturated carbocycles. The first kappa shape index (κ1) is 39.5. The largest absolute Gasteiger partial charge is 0.493 e. The maximum atomic E-state index is 13.4. The van der Waals surface area contributed by atoms with E-state index in [2.05, 4.69) is 17.1 Å². The number of carbonyl (C=O) groups excluding carboxylic acids is 2. The van der Waals surface area contributed by atoms with Gasteiger partial charge >= 0.3 is 24.3 Å². The van der Waals surface area contributed by atoms with E-state index in [0.29, 0.717) is 26.0 Å². The van der Waals surface area contributed by atoms with E-state index in [1.807, 2.05) is 49.4 Å². The highest BCUT2D eigenvalue weighted by molar-refractivity contribution is 5.91. The van der Waals surface area contributed by atoms with Crippen molar-refractivity contribution in [3.05, 3.63) is 71.4 Å². The Bertz CT molecular complexity index is 1660. The van der Waals surface area contributed by atoms with Crippen LogP contribution in [0.5, 0.6) is 5.75 Å². The number of amides is 2. The summed E-state index contributed by atoms with van der Waals surface area (Å²) in [5.41, 5.74) is 11.2. The Balaban J connectivity index is 0.000000408. The minimum Gasteiger partial charge on any atom is -0.493 e.